The van der Waals surface area contributed by atoms with Crippen molar-refractivity contribution in [3.8, 4) is 0 Å². The van der Waals surface area contributed by atoms with Gasteiger partial charge in [0.2, 0.25) is 5.95 Å². The number of carbonyl (C=O) groups is 1. The summed E-state index contributed by atoms with van der Waals surface area (Å²) in [4.78, 5) is 25.0. The van der Waals surface area contributed by atoms with Gasteiger partial charge in [0.25, 0.3) is 5.91 Å². The van der Waals surface area contributed by atoms with Crippen molar-refractivity contribution in [1.29, 1.82) is 0 Å². The van der Waals surface area contributed by atoms with Gasteiger partial charge in [-0.15, -0.1) is 0 Å². The Labute approximate surface area is 152 Å². The molecule has 0 bridgehead atoms. The fourth-order valence-corrected chi connectivity index (χ4v) is 2.63. The van der Waals surface area contributed by atoms with Gasteiger partial charge in [-0.3, -0.25) is 9.78 Å². The van der Waals surface area contributed by atoms with E-state index in [0.29, 0.717) is 18.2 Å². The number of aryl methyl sites for hydroxylation is 2. The Kier molecular flexibility index (Phi) is 5.53. The van der Waals surface area contributed by atoms with Crippen LogP contribution in [0.15, 0.2) is 55.0 Å². The highest BCUT2D eigenvalue weighted by Crippen LogP contribution is 2.23. The van der Waals surface area contributed by atoms with Crippen molar-refractivity contribution in [1.82, 2.24) is 20.3 Å². The van der Waals surface area contributed by atoms with Crippen LogP contribution in [0.5, 0.6) is 0 Å². The lowest BCUT2D eigenvalue weighted by Crippen LogP contribution is -2.24. The van der Waals surface area contributed by atoms with E-state index < -0.39 is 0 Å². The van der Waals surface area contributed by atoms with Gasteiger partial charge in [-0.25, -0.2) is 9.97 Å². The van der Waals surface area contributed by atoms with Crippen LogP contribution in [0.25, 0.3) is 0 Å². The number of benzene rings is 1. The molecule has 2 heterocycles. The Morgan fingerprint density at radius 3 is 2.77 bits per heavy atom. The van der Waals surface area contributed by atoms with Crippen molar-refractivity contribution in [3.05, 3.63) is 77.4 Å². The van der Waals surface area contributed by atoms with Gasteiger partial charge in [-0.05, 0) is 42.2 Å². The Bertz CT molecular complexity index is 896. The van der Waals surface area contributed by atoms with E-state index in [1.165, 1.54) is 5.56 Å². The minimum Gasteiger partial charge on any atom is -0.347 e. The average Bonchev–Trinajstić information content (AvgIpc) is 2.68. The number of para-hydroxylation sites is 1. The molecule has 0 atom stereocenters. The lowest BCUT2D eigenvalue weighted by molar-refractivity contribution is 0.0946. The summed E-state index contributed by atoms with van der Waals surface area (Å²) in [6.45, 7) is 4.53. The number of nitrogens with zero attached hydrogens (tertiary/aromatic N) is 3. The van der Waals surface area contributed by atoms with E-state index in [0.717, 1.165) is 23.2 Å². The van der Waals surface area contributed by atoms with Crippen LogP contribution in [0.3, 0.4) is 0 Å². The summed E-state index contributed by atoms with van der Waals surface area (Å²) in [7, 11) is 0. The molecule has 3 rings (SSSR count). The zero-order valence-corrected chi connectivity index (χ0v) is 14.9. The molecule has 6 nitrogen and oxygen atoms in total. The zero-order chi connectivity index (χ0) is 18.4. The fraction of sp³-hybridized carbons (Fsp3) is 0.200. The molecule has 1 aromatic carbocycles. The van der Waals surface area contributed by atoms with Gasteiger partial charge in [0.05, 0.1) is 0 Å². The van der Waals surface area contributed by atoms with Gasteiger partial charge in [-0.1, -0.05) is 31.2 Å². The minimum atomic E-state index is -0.250. The number of rotatable bonds is 6. The average molecular weight is 347 g/mol. The van der Waals surface area contributed by atoms with E-state index in [9.17, 15) is 4.79 Å². The van der Waals surface area contributed by atoms with Crippen LogP contribution in [-0.2, 0) is 13.0 Å². The molecule has 0 aliphatic heterocycles. The molecule has 0 fully saturated rings. The van der Waals surface area contributed by atoms with Crippen molar-refractivity contribution >= 4 is 17.5 Å². The summed E-state index contributed by atoms with van der Waals surface area (Å²) in [5.41, 5.74) is 4.53. The van der Waals surface area contributed by atoms with Crippen molar-refractivity contribution in [2.24, 2.45) is 0 Å². The number of hydrogen-bond acceptors (Lipinski definition) is 5. The maximum Gasteiger partial charge on any atom is 0.270 e. The standard InChI is InChI=1S/C20H21N5O/c1-3-16-8-4-6-14(2)18(16)25-20-22-11-9-17(24-20)19(26)23-13-15-7-5-10-21-12-15/h4-12H,3,13H2,1-2H3,(H,23,26)(H,22,24,25). The summed E-state index contributed by atoms with van der Waals surface area (Å²) >= 11 is 0. The highest BCUT2D eigenvalue weighted by Gasteiger charge is 2.11. The molecule has 1 amide bonds. The second-order valence-corrected chi connectivity index (χ2v) is 5.90. The van der Waals surface area contributed by atoms with Crippen molar-refractivity contribution in [2.45, 2.75) is 26.8 Å². The first-order valence-corrected chi connectivity index (χ1v) is 8.53. The summed E-state index contributed by atoms with van der Waals surface area (Å²) in [5, 5.41) is 6.09. The van der Waals surface area contributed by atoms with Gasteiger partial charge in [0.15, 0.2) is 0 Å². The number of aromatic nitrogens is 3. The van der Waals surface area contributed by atoms with E-state index >= 15 is 0 Å². The number of hydrogen-bond donors (Lipinski definition) is 2. The number of carbonyl (C=O) groups excluding carboxylic acids is 1. The third-order valence-electron chi connectivity index (χ3n) is 4.04. The maximum absolute atomic E-state index is 12.4. The summed E-state index contributed by atoms with van der Waals surface area (Å²) in [6.07, 6.45) is 5.90. The molecule has 0 unspecified atom stereocenters. The van der Waals surface area contributed by atoms with Crippen LogP contribution < -0.4 is 10.6 Å². The fourth-order valence-electron chi connectivity index (χ4n) is 2.63. The molecule has 0 spiro atoms. The third kappa shape index (κ3) is 4.22. The number of anilines is 2. The molecule has 6 heteroatoms. The van der Waals surface area contributed by atoms with Gasteiger partial charge >= 0.3 is 0 Å². The highest BCUT2D eigenvalue weighted by atomic mass is 16.1. The number of amides is 1. The molecule has 2 aromatic heterocycles. The highest BCUT2D eigenvalue weighted by molar-refractivity contribution is 5.92. The topological polar surface area (TPSA) is 79.8 Å². The first kappa shape index (κ1) is 17.5. The third-order valence-corrected chi connectivity index (χ3v) is 4.04. The van der Waals surface area contributed by atoms with Crippen LogP contribution >= 0.6 is 0 Å². The van der Waals surface area contributed by atoms with Crippen molar-refractivity contribution in [2.75, 3.05) is 5.32 Å². The number of nitrogens with one attached hydrogen (secondary N) is 2. The minimum absolute atomic E-state index is 0.250. The predicted molar refractivity (Wildman–Crippen MR) is 101 cm³/mol. The molecule has 132 valence electrons. The molecule has 3 aromatic rings. The molecule has 2 N–H and O–H groups in total. The van der Waals surface area contributed by atoms with E-state index in [-0.39, 0.29) is 5.91 Å². The van der Waals surface area contributed by atoms with Gasteiger partial charge in [0.1, 0.15) is 5.69 Å². The lowest BCUT2D eigenvalue weighted by Gasteiger charge is -2.13. The Hall–Kier alpha value is -3.28. The lowest BCUT2D eigenvalue weighted by atomic mass is 10.1. The summed E-state index contributed by atoms with van der Waals surface area (Å²) in [6, 6.07) is 11.5. The SMILES string of the molecule is CCc1cccc(C)c1Nc1nccc(C(=O)NCc2cccnc2)n1. The molecule has 26 heavy (non-hydrogen) atoms. The molecule has 0 radical (unpaired) electrons. The second-order valence-electron chi connectivity index (χ2n) is 5.90. The Morgan fingerprint density at radius 1 is 1.12 bits per heavy atom. The van der Waals surface area contributed by atoms with Crippen molar-refractivity contribution < 1.29 is 4.79 Å². The van der Waals surface area contributed by atoms with Gasteiger partial charge < -0.3 is 10.6 Å². The van der Waals surface area contributed by atoms with Gasteiger partial charge in [0, 0.05) is 30.8 Å². The van der Waals surface area contributed by atoms with Crippen LogP contribution in [0.1, 0.15) is 34.1 Å². The molecule has 0 saturated heterocycles. The first-order valence-electron chi connectivity index (χ1n) is 8.53. The monoisotopic (exact) mass is 347 g/mol. The predicted octanol–water partition coefficient (Wildman–Crippen LogP) is 3.42. The Balaban J connectivity index is 1.73. The van der Waals surface area contributed by atoms with Crippen LogP contribution in [-0.4, -0.2) is 20.9 Å². The van der Waals surface area contributed by atoms with E-state index in [1.807, 2.05) is 31.2 Å². The molecular formula is C20H21N5O. The number of pyridine rings is 1. The summed E-state index contributed by atoms with van der Waals surface area (Å²) < 4.78 is 0. The largest absolute Gasteiger partial charge is 0.347 e. The summed E-state index contributed by atoms with van der Waals surface area (Å²) in [5.74, 6) is 0.155. The zero-order valence-electron chi connectivity index (χ0n) is 14.9. The van der Waals surface area contributed by atoms with Crippen molar-refractivity contribution in [3.63, 3.8) is 0 Å². The van der Waals surface area contributed by atoms with E-state index in [4.69, 9.17) is 0 Å². The molecular weight excluding hydrogens is 326 g/mol. The Morgan fingerprint density at radius 2 is 2.00 bits per heavy atom. The van der Waals surface area contributed by atoms with Gasteiger partial charge in [-0.2, -0.15) is 0 Å². The van der Waals surface area contributed by atoms with E-state index in [1.54, 1.807) is 24.7 Å². The van der Waals surface area contributed by atoms with Crippen LogP contribution in [0, 0.1) is 6.92 Å². The van der Waals surface area contributed by atoms with Crippen LogP contribution in [0.2, 0.25) is 0 Å². The second kappa shape index (κ2) is 8.20. The quantitative estimate of drug-likeness (QED) is 0.714. The molecule has 0 aliphatic rings. The smallest absolute Gasteiger partial charge is 0.270 e. The van der Waals surface area contributed by atoms with Crippen LogP contribution in [0.4, 0.5) is 11.6 Å². The molecule has 0 aliphatic carbocycles. The van der Waals surface area contributed by atoms with E-state index in [2.05, 4.69) is 38.6 Å². The normalized spacial score (nSPS) is 10.4. The maximum atomic E-state index is 12.4. The molecule has 0 saturated carbocycles. The first-order chi connectivity index (χ1) is 12.7.